The number of carboxylic acid groups (broad SMARTS) is 1. The SMILES string of the molecule is CC(NCCO)(C(=O)O)C1CC1. The normalized spacial score (nSPS) is 21.8. The van der Waals surface area contributed by atoms with Crippen molar-refractivity contribution in [3.05, 3.63) is 0 Å². The number of hydrogen-bond donors (Lipinski definition) is 3. The Labute approximate surface area is 71.6 Å². The number of aliphatic carboxylic acids is 1. The molecule has 0 aromatic heterocycles. The van der Waals surface area contributed by atoms with Gasteiger partial charge in [-0.25, -0.2) is 0 Å². The molecule has 1 unspecified atom stereocenters. The van der Waals surface area contributed by atoms with E-state index < -0.39 is 11.5 Å². The summed E-state index contributed by atoms with van der Waals surface area (Å²) in [5, 5.41) is 20.3. The van der Waals surface area contributed by atoms with Gasteiger partial charge in [-0.1, -0.05) is 0 Å². The fourth-order valence-electron chi connectivity index (χ4n) is 1.37. The van der Waals surface area contributed by atoms with Crippen LogP contribution in [0.15, 0.2) is 0 Å². The summed E-state index contributed by atoms with van der Waals surface area (Å²) >= 11 is 0. The van der Waals surface area contributed by atoms with Gasteiger partial charge in [-0.15, -0.1) is 0 Å². The molecule has 0 heterocycles. The summed E-state index contributed by atoms with van der Waals surface area (Å²) in [6.07, 6.45) is 1.95. The van der Waals surface area contributed by atoms with Gasteiger partial charge in [0.15, 0.2) is 0 Å². The lowest BCUT2D eigenvalue weighted by molar-refractivity contribution is -0.145. The van der Waals surface area contributed by atoms with Crippen molar-refractivity contribution in [3.8, 4) is 0 Å². The summed E-state index contributed by atoms with van der Waals surface area (Å²) in [7, 11) is 0. The number of β-amino-alcohol motifs (C(OH)–C–C–N with tert-alkyl or cyclic N) is 1. The van der Waals surface area contributed by atoms with Crippen LogP contribution in [0.1, 0.15) is 19.8 Å². The third kappa shape index (κ3) is 1.76. The molecule has 1 saturated carbocycles. The van der Waals surface area contributed by atoms with Crippen LogP contribution in [0, 0.1) is 5.92 Å². The van der Waals surface area contributed by atoms with Crippen LogP contribution in [0.3, 0.4) is 0 Å². The van der Waals surface area contributed by atoms with Crippen LogP contribution < -0.4 is 5.32 Å². The zero-order chi connectivity index (χ0) is 9.19. The van der Waals surface area contributed by atoms with Gasteiger partial charge in [0, 0.05) is 6.54 Å². The van der Waals surface area contributed by atoms with Gasteiger partial charge in [-0.05, 0) is 25.7 Å². The molecule has 0 saturated heterocycles. The predicted molar refractivity (Wildman–Crippen MR) is 43.9 cm³/mol. The van der Waals surface area contributed by atoms with Crippen LogP contribution in [0.25, 0.3) is 0 Å². The number of hydrogen-bond acceptors (Lipinski definition) is 3. The molecule has 0 aliphatic heterocycles. The fourth-order valence-corrected chi connectivity index (χ4v) is 1.37. The highest BCUT2D eigenvalue weighted by atomic mass is 16.4. The Hall–Kier alpha value is -0.610. The van der Waals surface area contributed by atoms with E-state index in [0.29, 0.717) is 6.54 Å². The lowest BCUT2D eigenvalue weighted by Crippen LogP contribution is -2.52. The predicted octanol–water partition coefficient (Wildman–Crippen LogP) is -0.178. The Morgan fingerprint density at radius 3 is 2.58 bits per heavy atom. The van der Waals surface area contributed by atoms with Gasteiger partial charge < -0.3 is 10.2 Å². The second-order valence-corrected chi connectivity index (χ2v) is 3.43. The van der Waals surface area contributed by atoms with Gasteiger partial charge >= 0.3 is 5.97 Å². The standard InChI is InChI=1S/C8H15NO3/c1-8(7(11)12,6-2-3-6)9-4-5-10/h6,9-10H,2-5H2,1H3,(H,11,12). The molecule has 4 nitrogen and oxygen atoms in total. The zero-order valence-electron chi connectivity index (χ0n) is 7.21. The Bertz CT molecular complexity index is 179. The van der Waals surface area contributed by atoms with E-state index in [1.54, 1.807) is 6.92 Å². The van der Waals surface area contributed by atoms with Crippen molar-refractivity contribution in [2.75, 3.05) is 13.2 Å². The maximum absolute atomic E-state index is 10.9. The van der Waals surface area contributed by atoms with E-state index >= 15 is 0 Å². The van der Waals surface area contributed by atoms with E-state index in [9.17, 15) is 4.79 Å². The minimum Gasteiger partial charge on any atom is -0.480 e. The molecule has 0 aromatic rings. The molecule has 0 amide bonds. The highest BCUT2D eigenvalue weighted by molar-refractivity contribution is 5.79. The molecule has 1 fully saturated rings. The first-order chi connectivity index (χ1) is 5.61. The summed E-state index contributed by atoms with van der Waals surface area (Å²) < 4.78 is 0. The molecule has 0 radical (unpaired) electrons. The van der Waals surface area contributed by atoms with Gasteiger partial charge in [0.05, 0.1) is 6.61 Å². The van der Waals surface area contributed by atoms with Crippen molar-refractivity contribution in [1.29, 1.82) is 0 Å². The summed E-state index contributed by atoms with van der Waals surface area (Å²) in [5.74, 6) is -0.583. The fraction of sp³-hybridized carbons (Fsp3) is 0.875. The third-order valence-corrected chi connectivity index (χ3v) is 2.44. The van der Waals surface area contributed by atoms with Crippen LogP contribution >= 0.6 is 0 Å². The van der Waals surface area contributed by atoms with Crippen molar-refractivity contribution in [3.63, 3.8) is 0 Å². The van der Waals surface area contributed by atoms with Gasteiger partial charge in [-0.2, -0.15) is 0 Å². The lowest BCUT2D eigenvalue weighted by atomic mass is 9.96. The van der Waals surface area contributed by atoms with Gasteiger partial charge in [0.25, 0.3) is 0 Å². The van der Waals surface area contributed by atoms with Crippen molar-refractivity contribution in [2.24, 2.45) is 5.92 Å². The number of rotatable bonds is 5. The molecular formula is C8H15NO3. The first-order valence-electron chi connectivity index (χ1n) is 4.20. The van der Waals surface area contributed by atoms with E-state index in [-0.39, 0.29) is 12.5 Å². The average molecular weight is 173 g/mol. The topological polar surface area (TPSA) is 69.6 Å². The van der Waals surface area contributed by atoms with Crippen LogP contribution in [0.2, 0.25) is 0 Å². The number of aliphatic hydroxyl groups is 1. The number of nitrogens with one attached hydrogen (secondary N) is 1. The van der Waals surface area contributed by atoms with Gasteiger partial charge in [0.2, 0.25) is 0 Å². The van der Waals surface area contributed by atoms with Crippen molar-refractivity contribution < 1.29 is 15.0 Å². The summed E-state index contributed by atoms with van der Waals surface area (Å²) in [6, 6.07) is 0. The smallest absolute Gasteiger partial charge is 0.323 e. The Balaban J connectivity index is 2.52. The van der Waals surface area contributed by atoms with E-state index in [4.69, 9.17) is 10.2 Å². The summed E-state index contributed by atoms with van der Waals surface area (Å²) in [4.78, 5) is 10.9. The molecule has 1 aliphatic carbocycles. The molecule has 12 heavy (non-hydrogen) atoms. The van der Waals surface area contributed by atoms with Gasteiger partial charge in [-0.3, -0.25) is 10.1 Å². The average Bonchev–Trinajstić information content (AvgIpc) is 2.82. The molecule has 70 valence electrons. The second-order valence-electron chi connectivity index (χ2n) is 3.43. The van der Waals surface area contributed by atoms with Crippen LogP contribution in [-0.4, -0.2) is 34.9 Å². The molecular weight excluding hydrogens is 158 g/mol. The molecule has 0 bridgehead atoms. The highest BCUT2D eigenvalue weighted by Crippen LogP contribution is 2.39. The molecule has 1 atom stereocenters. The summed E-state index contributed by atoms with van der Waals surface area (Å²) in [5.41, 5.74) is -0.831. The first-order valence-corrected chi connectivity index (χ1v) is 4.20. The van der Waals surface area contributed by atoms with Crippen LogP contribution in [-0.2, 0) is 4.79 Å². The zero-order valence-corrected chi connectivity index (χ0v) is 7.21. The number of carboxylic acids is 1. The minimum absolute atomic E-state index is 0.0183. The van der Waals surface area contributed by atoms with E-state index in [1.165, 1.54) is 0 Å². The Kier molecular flexibility index (Phi) is 2.69. The Morgan fingerprint density at radius 2 is 2.25 bits per heavy atom. The second kappa shape index (κ2) is 3.41. The van der Waals surface area contributed by atoms with Crippen molar-refractivity contribution in [2.45, 2.75) is 25.3 Å². The van der Waals surface area contributed by atoms with Crippen LogP contribution in [0.5, 0.6) is 0 Å². The molecule has 1 rings (SSSR count). The van der Waals surface area contributed by atoms with Crippen molar-refractivity contribution in [1.82, 2.24) is 5.32 Å². The highest BCUT2D eigenvalue weighted by Gasteiger charge is 2.46. The van der Waals surface area contributed by atoms with Gasteiger partial charge in [0.1, 0.15) is 5.54 Å². The molecule has 1 aliphatic rings. The van der Waals surface area contributed by atoms with Crippen LogP contribution in [0.4, 0.5) is 0 Å². The van der Waals surface area contributed by atoms with E-state index in [0.717, 1.165) is 12.8 Å². The largest absolute Gasteiger partial charge is 0.480 e. The molecule has 3 N–H and O–H groups in total. The molecule has 0 spiro atoms. The molecule has 0 aromatic carbocycles. The number of carbonyl (C=O) groups is 1. The van der Waals surface area contributed by atoms with E-state index in [1.807, 2.05) is 0 Å². The van der Waals surface area contributed by atoms with Crippen molar-refractivity contribution >= 4 is 5.97 Å². The number of aliphatic hydroxyl groups excluding tert-OH is 1. The maximum atomic E-state index is 10.9. The Morgan fingerprint density at radius 1 is 1.67 bits per heavy atom. The van der Waals surface area contributed by atoms with E-state index in [2.05, 4.69) is 5.32 Å². The summed E-state index contributed by atoms with van der Waals surface area (Å²) in [6.45, 7) is 2.01. The quantitative estimate of drug-likeness (QED) is 0.539. The lowest BCUT2D eigenvalue weighted by Gasteiger charge is -2.25. The monoisotopic (exact) mass is 173 g/mol. The third-order valence-electron chi connectivity index (χ3n) is 2.44. The maximum Gasteiger partial charge on any atom is 0.323 e. The molecule has 4 heteroatoms. The minimum atomic E-state index is -0.831. The first kappa shape index (κ1) is 9.48.